The Hall–Kier alpha value is -0.620. The van der Waals surface area contributed by atoms with Crippen LogP contribution >= 0.6 is 23.5 Å². The predicted octanol–water partition coefficient (Wildman–Crippen LogP) is 2.21. The first-order chi connectivity index (χ1) is 10.1. The van der Waals surface area contributed by atoms with Gasteiger partial charge < -0.3 is 9.80 Å². The molecule has 1 atom stereocenters. The average molecular weight is 329 g/mol. The Balaban J connectivity index is 2.05. The third-order valence-corrected chi connectivity index (χ3v) is 5.87. The van der Waals surface area contributed by atoms with E-state index in [1.165, 1.54) is 0 Å². The minimum Gasteiger partial charge on any atom is -0.340 e. The molecule has 2 amide bonds. The number of hydrogen-bond acceptors (Lipinski definition) is 4. The maximum Gasteiger partial charge on any atom is 0.250 e. The standard InChI is InChI=1S/C15H24N2O2S2/c1-3-5-12(2)14(18)17-11-21-10-13(17)15(19)16-6-4-8-20-9-7-16/h5,13H,3-4,6-11H2,1-2H3/b12-5+. The van der Waals surface area contributed by atoms with Crippen molar-refractivity contribution in [1.82, 2.24) is 9.80 Å². The van der Waals surface area contributed by atoms with E-state index in [9.17, 15) is 9.59 Å². The van der Waals surface area contributed by atoms with E-state index in [1.54, 1.807) is 16.7 Å². The van der Waals surface area contributed by atoms with Crippen molar-refractivity contribution in [2.75, 3.05) is 36.2 Å². The zero-order valence-electron chi connectivity index (χ0n) is 12.8. The Kier molecular flexibility index (Phi) is 6.48. The summed E-state index contributed by atoms with van der Waals surface area (Å²) >= 11 is 3.59. The highest BCUT2D eigenvalue weighted by Gasteiger charge is 2.37. The Bertz CT molecular complexity index is 418. The fraction of sp³-hybridized carbons (Fsp3) is 0.733. The van der Waals surface area contributed by atoms with Crippen molar-refractivity contribution < 1.29 is 9.59 Å². The Morgan fingerprint density at radius 3 is 2.81 bits per heavy atom. The second kappa shape index (κ2) is 8.13. The summed E-state index contributed by atoms with van der Waals surface area (Å²) in [4.78, 5) is 28.9. The first-order valence-corrected chi connectivity index (χ1v) is 9.88. The van der Waals surface area contributed by atoms with Crippen LogP contribution in [-0.4, -0.2) is 63.9 Å². The maximum absolute atomic E-state index is 12.7. The van der Waals surface area contributed by atoms with Crippen LogP contribution in [-0.2, 0) is 9.59 Å². The van der Waals surface area contributed by atoms with Crippen LogP contribution in [0, 0.1) is 0 Å². The van der Waals surface area contributed by atoms with Gasteiger partial charge in [-0.3, -0.25) is 9.59 Å². The molecule has 0 aromatic rings. The van der Waals surface area contributed by atoms with Gasteiger partial charge in [0.25, 0.3) is 5.91 Å². The molecule has 2 aliphatic rings. The molecule has 2 rings (SSSR count). The molecule has 0 saturated carbocycles. The van der Waals surface area contributed by atoms with E-state index in [2.05, 4.69) is 0 Å². The lowest BCUT2D eigenvalue weighted by Crippen LogP contribution is -2.49. The molecule has 118 valence electrons. The summed E-state index contributed by atoms with van der Waals surface area (Å²) in [7, 11) is 0. The fourth-order valence-electron chi connectivity index (χ4n) is 2.64. The molecule has 0 N–H and O–H groups in total. The van der Waals surface area contributed by atoms with E-state index in [0.29, 0.717) is 5.88 Å². The normalized spacial score (nSPS) is 24.1. The minimum atomic E-state index is -0.272. The molecule has 0 bridgehead atoms. The van der Waals surface area contributed by atoms with Crippen LogP contribution in [0.2, 0.25) is 0 Å². The van der Waals surface area contributed by atoms with Gasteiger partial charge in [-0.1, -0.05) is 13.0 Å². The summed E-state index contributed by atoms with van der Waals surface area (Å²) < 4.78 is 0. The van der Waals surface area contributed by atoms with E-state index >= 15 is 0 Å². The van der Waals surface area contributed by atoms with Crippen LogP contribution in [0.1, 0.15) is 26.7 Å². The van der Waals surface area contributed by atoms with Gasteiger partial charge in [-0.15, -0.1) is 11.8 Å². The molecule has 2 fully saturated rings. The van der Waals surface area contributed by atoms with Crippen LogP contribution in [0.5, 0.6) is 0 Å². The quantitative estimate of drug-likeness (QED) is 0.745. The van der Waals surface area contributed by atoms with Gasteiger partial charge in [0.05, 0.1) is 5.88 Å². The largest absolute Gasteiger partial charge is 0.340 e. The first-order valence-electron chi connectivity index (χ1n) is 7.57. The predicted molar refractivity (Wildman–Crippen MR) is 90.5 cm³/mol. The highest BCUT2D eigenvalue weighted by Crippen LogP contribution is 2.25. The Morgan fingerprint density at radius 1 is 1.24 bits per heavy atom. The zero-order chi connectivity index (χ0) is 15.2. The lowest BCUT2D eigenvalue weighted by molar-refractivity contribution is -0.141. The van der Waals surface area contributed by atoms with E-state index < -0.39 is 0 Å². The van der Waals surface area contributed by atoms with Crippen molar-refractivity contribution in [3.63, 3.8) is 0 Å². The molecule has 0 aliphatic carbocycles. The number of carbonyl (C=O) groups is 2. The average Bonchev–Trinajstić information content (AvgIpc) is 2.80. The molecule has 2 saturated heterocycles. The van der Waals surface area contributed by atoms with Gasteiger partial charge in [0, 0.05) is 30.2 Å². The third-order valence-electron chi connectivity index (χ3n) is 3.81. The topological polar surface area (TPSA) is 40.6 Å². The lowest BCUT2D eigenvalue weighted by atomic mass is 10.1. The van der Waals surface area contributed by atoms with Crippen molar-refractivity contribution in [3.05, 3.63) is 11.6 Å². The second-order valence-corrected chi connectivity index (χ2v) is 7.60. The maximum atomic E-state index is 12.7. The molecule has 0 aromatic heterocycles. The molecule has 4 nitrogen and oxygen atoms in total. The molecule has 0 radical (unpaired) electrons. The monoisotopic (exact) mass is 328 g/mol. The number of thioether (sulfide) groups is 2. The van der Waals surface area contributed by atoms with Gasteiger partial charge in [-0.05, 0) is 25.5 Å². The van der Waals surface area contributed by atoms with Crippen molar-refractivity contribution in [3.8, 4) is 0 Å². The van der Waals surface area contributed by atoms with Gasteiger partial charge in [0.2, 0.25) is 5.91 Å². The number of carbonyl (C=O) groups excluding carboxylic acids is 2. The third kappa shape index (κ3) is 4.19. The number of rotatable bonds is 3. The molecule has 1 unspecified atom stereocenters. The van der Waals surface area contributed by atoms with Gasteiger partial charge in [-0.25, -0.2) is 0 Å². The molecule has 0 spiro atoms. The van der Waals surface area contributed by atoms with Gasteiger partial charge in [0.15, 0.2) is 0 Å². The fourth-order valence-corrected chi connectivity index (χ4v) is 4.68. The van der Waals surface area contributed by atoms with E-state index in [-0.39, 0.29) is 17.9 Å². The lowest BCUT2D eigenvalue weighted by Gasteiger charge is -2.29. The number of allylic oxidation sites excluding steroid dienone is 1. The van der Waals surface area contributed by atoms with Crippen LogP contribution in [0.3, 0.4) is 0 Å². The summed E-state index contributed by atoms with van der Waals surface area (Å²) in [6.45, 7) is 5.52. The van der Waals surface area contributed by atoms with Crippen LogP contribution in [0.4, 0.5) is 0 Å². The van der Waals surface area contributed by atoms with Gasteiger partial charge in [-0.2, -0.15) is 11.8 Å². The Labute approximate surface area is 135 Å². The van der Waals surface area contributed by atoms with Crippen molar-refractivity contribution in [2.24, 2.45) is 0 Å². The summed E-state index contributed by atoms with van der Waals surface area (Å²) in [6.07, 6.45) is 3.84. The molecule has 2 aliphatic heterocycles. The molecule has 6 heteroatoms. The molecule has 0 aromatic carbocycles. The summed E-state index contributed by atoms with van der Waals surface area (Å²) in [6, 6.07) is -0.272. The molecular weight excluding hydrogens is 304 g/mol. The van der Waals surface area contributed by atoms with Crippen LogP contribution < -0.4 is 0 Å². The summed E-state index contributed by atoms with van der Waals surface area (Å²) in [5, 5.41) is 0. The van der Waals surface area contributed by atoms with E-state index in [1.807, 2.05) is 36.6 Å². The van der Waals surface area contributed by atoms with Gasteiger partial charge >= 0.3 is 0 Å². The van der Waals surface area contributed by atoms with Crippen LogP contribution in [0.15, 0.2) is 11.6 Å². The van der Waals surface area contributed by atoms with Gasteiger partial charge in [0.1, 0.15) is 6.04 Å². The molecule has 2 heterocycles. The Morgan fingerprint density at radius 2 is 2.05 bits per heavy atom. The number of nitrogens with zero attached hydrogens (tertiary/aromatic N) is 2. The number of amides is 2. The first kappa shape index (κ1) is 16.7. The summed E-state index contributed by atoms with van der Waals surface area (Å²) in [5.41, 5.74) is 0.754. The zero-order valence-corrected chi connectivity index (χ0v) is 14.5. The molecular formula is C15H24N2O2S2. The van der Waals surface area contributed by atoms with Crippen molar-refractivity contribution in [1.29, 1.82) is 0 Å². The van der Waals surface area contributed by atoms with E-state index in [4.69, 9.17) is 0 Å². The van der Waals surface area contributed by atoms with Crippen molar-refractivity contribution in [2.45, 2.75) is 32.7 Å². The van der Waals surface area contributed by atoms with E-state index in [0.717, 1.165) is 48.8 Å². The van der Waals surface area contributed by atoms with Crippen molar-refractivity contribution >= 4 is 35.3 Å². The summed E-state index contributed by atoms with van der Waals surface area (Å²) in [5.74, 6) is 3.66. The smallest absolute Gasteiger partial charge is 0.250 e. The minimum absolute atomic E-state index is 0.0180. The SMILES string of the molecule is CC/C=C(\C)C(=O)N1CSCC1C(=O)N1CCCSCC1. The van der Waals surface area contributed by atoms with Crippen LogP contribution in [0.25, 0.3) is 0 Å². The highest BCUT2D eigenvalue weighted by molar-refractivity contribution is 7.99. The number of hydrogen-bond donors (Lipinski definition) is 0. The second-order valence-electron chi connectivity index (χ2n) is 5.38. The highest BCUT2D eigenvalue weighted by atomic mass is 32.2. The molecule has 21 heavy (non-hydrogen) atoms.